The van der Waals surface area contributed by atoms with Gasteiger partial charge in [-0.3, -0.25) is 9.56 Å². The number of hydrogen-bond donors (Lipinski definition) is 2. The second-order valence-corrected chi connectivity index (χ2v) is 7.18. The van der Waals surface area contributed by atoms with Crippen molar-refractivity contribution in [3.05, 3.63) is 57.7 Å². The van der Waals surface area contributed by atoms with E-state index in [1.165, 1.54) is 4.88 Å². The minimum Gasteiger partial charge on any atom is -0.352 e. The van der Waals surface area contributed by atoms with Crippen LogP contribution in [0.5, 0.6) is 0 Å². The number of pyridine rings is 1. The van der Waals surface area contributed by atoms with Crippen molar-refractivity contribution in [3.63, 3.8) is 0 Å². The number of imidazole rings is 1. The fourth-order valence-corrected chi connectivity index (χ4v) is 3.47. The number of aliphatic imine (C=N–C) groups is 1. The molecule has 0 aliphatic carbocycles. The topological polar surface area (TPSA) is 80.0 Å². The lowest BCUT2D eigenvalue weighted by atomic mass is 10.3. The van der Waals surface area contributed by atoms with Gasteiger partial charge in [0, 0.05) is 37.1 Å². The van der Waals surface area contributed by atoms with Gasteiger partial charge in [-0.05, 0) is 32.4 Å². The minimum absolute atomic E-state index is 0.649. The van der Waals surface area contributed by atoms with Crippen LogP contribution in [0, 0.1) is 20.8 Å². The molecule has 2 N–H and O–H groups in total. The van der Waals surface area contributed by atoms with Gasteiger partial charge in [0.2, 0.25) is 0 Å². The Morgan fingerprint density at radius 2 is 1.96 bits per heavy atom. The summed E-state index contributed by atoms with van der Waals surface area (Å²) in [4.78, 5) is 18.7. The molecule has 3 rings (SSSR count). The van der Waals surface area contributed by atoms with Crippen molar-refractivity contribution in [2.75, 3.05) is 7.05 Å². The molecule has 3 aromatic rings. The Kier molecular flexibility index (Phi) is 5.62. The van der Waals surface area contributed by atoms with E-state index >= 15 is 0 Å². The summed E-state index contributed by atoms with van der Waals surface area (Å²) in [6, 6.07) is 4.05. The highest BCUT2D eigenvalue weighted by molar-refractivity contribution is 7.11. The van der Waals surface area contributed by atoms with Crippen molar-refractivity contribution in [1.29, 1.82) is 0 Å². The van der Waals surface area contributed by atoms with Crippen LogP contribution in [0.15, 0.2) is 35.7 Å². The van der Waals surface area contributed by atoms with E-state index in [1.807, 2.05) is 43.8 Å². The summed E-state index contributed by atoms with van der Waals surface area (Å²) in [5.41, 5.74) is 2.16. The molecule has 0 unspecified atom stereocenters. The van der Waals surface area contributed by atoms with Gasteiger partial charge >= 0.3 is 0 Å². The van der Waals surface area contributed by atoms with E-state index in [0.717, 1.165) is 33.9 Å². The highest BCUT2D eigenvalue weighted by Gasteiger charge is 2.06. The van der Waals surface area contributed by atoms with Gasteiger partial charge in [0.05, 0.1) is 17.2 Å². The Balaban J connectivity index is 1.55. The second-order valence-electron chi connectivity index (χ2n) is 5.89. The largest absolute Gasteiger partial charge is 0.352 e. The summed E-state index contributed by atoms with van der Waals surface area (Å²) in [6.45, 7) is 7.38. The molecule has 7 nitrogen and oxygen atoms in total. The normalized spacial score (nSPS) is 11.6. The van der Waals surface area contributed by atoms with Gasteiger partial charge in [-0.1, -0.05) is 6.07 Å². The van der Waals surface area contributed by atoms with Crippen LogP contribution in [0.4, 0.5) is 0 Å². The lowest BCUT2D eigenvalue weighted by Gasteiger charge is -2.12. The molecule has 0 spiro atoms. The van der Waals surface area contributed by atoms with E-state index in [9.17, 15) is 0 Å². The van der Waals surface area contributed by atoms with Crippen LogP contribution in [0.2, 0.25) is 0 Å². The van der Waals surface area contributed by atoms with Crippen molar-refractivity contribution in [2.45, 2.75) is 33.9 Å². The van der Waals surface area contributed by atoms with Gasteiger partial charge < -0.3 is 10.6 Å². The molecule has 0 amide bonds. The first-order valence-corrected chi connectivity index (χ1v) is 9.21. The van der Waals surface area contributed by atoms with Gasteiger partial charge in [-0.25, -0.2) is 15.0 Å². The quantitative estimate of drug-likeness (QED) is 0.534. The fourth-order valence-electron chi connectivity index (χ4n) is 2.59. The number of guanidine groups is 1. The predicted octanol–water partition coefficient (Wildman–Crippen LogP) is 2.51. The third kappa shape index (κ3) is 4.26. The summed E-state index contributed by atoms with van der Waals surface area (Å²) in [5, 5.41) is 7.72. The molecule has 0 atom stereocenters. The molecule has 0 saturated heterocycles. The summed E-state index contributed by atoms with van der Waals surface area (Å²) < 4.78 is 1.96. The van der Waals surface area contributed by atoms with Crippen LogP contribution in [0.3, 0.4) is 0 Å². The number of nitrogens with zero attached hydrogens (tertiary/aromatic N) is 5. The number of aromatic nitrogens is 4. The Morgan fingerprint density at radius 1 is 1.15 bits per heavy atom. The third-order valence-electron chi connectivity index (χ3n) is 3.98. The van der Waals surface area contributed by atoms with Gasteiger partial charge in [0.1, 0.15) is 11.6 Å². The molecule has 0 bridgehead atoms. The molecular weight excluding hydrogens is 346 g/mol. The molecule has 3 heterocycles. The number of rotatable bonds is 5. The molecule has 136 valence electrons. The number of hydrogen-bond acceptors (Lipinski definition) is 5. The Bertz CT molecular complexity index is 893. The Morgan fingerprint density at radius 3 is 2.54 bits per heavy atom. The SMILES string of the molecule is CN=C(NCc1ccc(-n2ccnc2C)nc1)NCc1sc(C)nc1C. The molecule has 0 aliphatic rings. The maximum atomic E-state index is 4.51. The maximum absolute atomic E-state index is 4.51. The molecule has 3 aromatic heterocycles. The van der Waals surface area contributed by atoms with Crippen LogP contribution in [0.1, 0.15) is 27.0 Å². The molecule has 0 radical (unpaired) electrons. The van der Waals surface area contributed by atoms with Crippen molar-refractivity contribution in [3.8, 4) is 5.82 Å². The van der Waals surface area contributed by atoms with Crippen molar-refractivity contribution < 1.29 is 0 Å². The van der Waals surface area contributed by atoms with E-state index in [0.29, 0.717) is 13.1 Å². The Labute approximate surface area is 157 Å². The van der Waals surface area contributed by atoms with Gasteiger partial charge in [0.15, 0.2) is 5.96 Å². The molecule has 0 fully saturated rings. The first kappa shape index (κ1) is 18.1. The summed E-state index contributed by atoms with van der Waals surface area (Å²) in [7, 11) is 1.77. The third-order valence-corrected chi connectivity index (χ3v) is 5.05. The van der Waals surface area contributed by atoms with Crippen LogP contribution >= 0.6 is 11.3 Å². The average Bonchev–Trinajstić information content (AvgIpc) is 3.20. The number of aryl methyl sites for hydroxylation is 3. The van der Waals surface area contributed by atoms with Gasteiger partial charge in [-0.15, -0.1) is 11.3 Å². The van der Waals surface area contributed by atoms with E-state index in [4.69, 9.17) is 0 Å². The number of thiazole rings is 1. The van der Waals surface area contributed by atoms with Crippen LogP contribution in [-0.4, -0.2) is 32.5 Å². The molecule has 26 heavy (non-hydrogen) atoms. The van der Waals surface area contributed by atoms with Gasteiger partial charge in [-0.2, -0.15) is 0 Å². The predicted molar refractivity (Wildman–Crippen MR) is 105 cm³/mol. The molecular formula is C18H23N7S. The fraction of sp³-hybridized carbons (Fsp3) is 0.333. The zero-order valence-electron chi connectivity index (χ0n) is 15.4. The van der Waals surface area contributed by atoms with Crippen molar-refractivity contribution in [1.82, 2.24) is 30.2 Å². The molecule has 0 aromatic carbocycles. The summed E-state index contributed by atoms with van der Waals surface area (Å²) >= 11 is 1.71. The lowest BCUT2D eigenvalue weighted by Crippen LogP contribution is -2.36. The zero-order valence-corrected chi connectivity index (χ0v) is 16.3. The lowest BCUT2D eigenvalue weighted by molar-refractivity contribution is 0.807. The minimum atomic E-state index is 0.649. The van der Waals surface area contributed by atoms with Gasteiger partial charge in [0.25, 0.3) is 0 Å². The van der Waals surface area contributed by atoms with E-state index in [2.05, 4.69) is 36.6 Å². The van der Waals surface area contributed by atoms with Crippen LogP contribution in [0.25, 0.3) is 5.82 Å². The van der Waals surface area contributed by atoms with E-state index in [-0.39, 0.29) is 0 Å². The second kappa shape index (κ2) is 8.09. The van der Waals surface area contributed by atoms with Crippen molar-refractivity contribution >= 4 is 17.3 Å². The highest BCUT2D eigenvalue weighted by atomic mass is 32.1. The van der Waals surface area contributed by atoms with E-state index in [1.54, 1.807) is 24.6 Å². The average molecular weight is 369 g/mol. The molecule has 8 heteroatoms. The molecule has 0 aliphatic heterocycles. The van der Waals surface area contributed by atoms with Crippen LogP contribution in [-0.2, 0) is 13.1 Å². The summed E-state index contributed by atoms with van der Waals surface area (Å²) in [6.07, 6.45) is 5.55. The van der Waals surface area contributed by atoms with E-state index < -0.39 is 0 Å². The number of nitrogens with one attached hydrogen (secondary N) is 2. The van der Waals surface area contributed by atoms with Crippen molar-refractivity contribution in [2.24, 2.45) is 4.99 Å². The monoisotopic (exact) mass is 369 g/mol. The first-order valence-electron chi connectivity index (χ1n) is 8.39. The zero-order chi connectivity index (χ0) is 18.5. The molecule has 0 saturated carbocycles. The highest BCUT2D eigenvalue weighted by Crippen LogP contribution is 2.16. The first-order chi connectivity index (χ1) is 12.6. The summed E-state index contributed by atoms with van der Waals surface area (Å²) in [5.74, 6) is 2.54. The maximum Gasteiger partial charge on any atom is 0.191 e. The van der Waals surface area contributed by atoms with Crippen LogP contribution < -0.4 is 10.6 Å². The smallest absolute Gasteiger partial charge is 0.191 e. The standard InChI is InChI=1S/C18H23N7S/c1-12-16(26-14(3)24-12)11-23-18(19-4)22-10-15-5-6-17(21-9-15)25-8-7-20-13(25)2/h5-9H,10-11H2,1-4H3,(H2,19,22,23). The Hall–Kier alpha value is -2.74.